The van der Waals surface area contributed by atoms with E-state index in [-0.39, 0.29) is 23.7 Å². The second kappa shape index (κ2) is 11.7. The number of anilines is 1. The second-order valence-corrected chi connectivity index (χ2v) is 12.1. The summed E-state index contributed by atoms with van der Waals surface area (Å²) >= 11 is 6.47. The van der Waals surface area contributed by atoms with Gasteiger partial charge in [-0.15, -0.1) is 0 Å². The summed E-state index contributed by atoms with van der Waals surface area (Å²) in [6.07, 6.45) is 2.72. The average Bonchev–Trinajstić information content (AvgIpc) is 3.39. The molecule has 0 unspecified atom stereocenters. The number of hydrogen-bond donors (Lipinski definition) is 0. The Bertz CT molecular complexity index is 1400. The quantitative estimate of drug-likeness (QED) is 0.375. The van der Waals surface area contributed by atoms with Crippen molar-refractivity contribution < 1.29 is 18.7 Å². The van der Waals surface area contributed by atoms with Gasteiger partial charge in [0.15, 0.2) is 0 Å². The van der Waals surface area contributed by atoms with E-state index in [1.807, 2.05) is 55.5 Å². The number of rotatable bonds is 4. The molecule has 8 nitrogen and oxygen atoms in total. The molecule has 1 aromatic heterocycles. The third kappa shape index (κ3) is 6.35. The lowest BCUT2D eigenvalue weighted by Crippen LogP contribution is -2.49. The van der Waals surface area contributed by atoms with Crippen LogP contribution in [-0.4, -0.2) is 76.5 Å². The van der Waals surface area contributed by atoms with Crippen LogP contribution in [0.5, 0.6) is 0 Å². The molecule has 0 atom stereocenters. The number of nitrogens with zero attached hydrogens (tertiary/aromatic N) is 5. The van der Waals surface area contributed by atoms with E-state index in [1.54, 1.807) is 23.2 Å². The van der Waals surface area contributed by atoms with Crippen LogP contribution in [0.1, 0.15) is 61.1 Å². The topological polar surface area (TPSA) is 70.9 Å². The van der Waals surface area contributed by atoms with Crippen molar-refractivity contribution in [2.75, 3.05) is 44.2 Å². The van der Waals surface area contributed by atoms with Crippen LogP contribution in [0.3, 0.4) is 0 Å². The van der Waals surface area contributed by atoms with Crippen molar-refractivity contribution in [1.82, 2.24) is 19.6 Å². The maximum atomic E-state index is 14.0. The van der Waals surface area contributed by atoms with Crippen LogP contribution in [-0.2, 0) is 4.74 Å². The molecule has 2 amide bonds. The Labute approximate surface area is 245 Å². The maximum Gasteiger partial charge on any atom is 0.410 e. The first-order chi connectivity index (χ1) is 19.5. The van der Waals surface area contributed by atoms with E-state index in [0.717, 1.165) is 22.6 Å². The Kier molecular flexibility index (Phi) is 8.27. The van der Waals surface area contributed by atoms with Gasteiger partial charge in [-0.25, -0.2) is 13.9 Å². The number of amides is 2. The normalized spacial score (nSPS) is 16.7. The molecule has 5 rings (SSSR count). The van der Waals surface area contributed by atoms with Gasteiger partial charge in [0.05, 0.1) is 23.1 Å². The SMILES string of the molecule is Cc1c(Cl)cccc1-n1ncc(C(=O)N2CCN(c3ccc(F)cc3)CC2)c1C1CCN(C(=O)OC(C)(C)C)CC1. The van der Waals surface area contributed by atoms with Crippen LogP contribution in [0.2, 0.25) is 5.02 Å². The van der Waals surface area contributed by atoms with Crippen LogP contribution in [0.4, 0.5) is 14.9 Å². The van der Waals surface area contributed by atoms with E-state index < -0.39 is 5.60 Å². The Morgan fingerprint density at radius 1 is 0.951 bits per heavy atom. The highest BCUT2D eigenvalue weighted by Crippen LogP contribution is 2.35. The highest BCUT2D eigenvalue weighted by Gasteiger charge is 2.34. The molecule has 0 N–H and O–H groups in total. The molecule has 0 radical (unpaired) electrons. The third-order valence-corrected chi connectivity index (χ3v) is 8.21. The van der Waals surface area contributed by atoms with Gasteiger partial charge in [0.2, 0.25) is 0 Å². The van der Waals surface area contributed by atoms with Gasteiger partial charge in [-0.3, -0.25) is 4.79 Å². The molecule has 2 aliphatic rings. The highest BCUT2D eigenvalue weighted by atomic mass is 35.5. The summed E-state index contributed by atoms with van der Waals surface area (Å²) < 4.78 is 20.8. The molecule has 218 valence electrons. The number of likely N-dealkylation sites (tertiary alicyclic amines) is 1. The molecular formula is C31H37ClFN5O3. The number of benzene rings is 2. The molecule has 3 aromatic rings. The van der Waals surface area contributed by atoms with Gasteiger partial charge >= 0.3 is 6.09 Å². The van der Waals surface area contributed by atoms with Crippen molar-refractivity contribution in [3.05, 3.63) is 76.3 Å². The zero-order valence-corrected chi connectivity index (χ0v) is 24.8. The van der Waals surface area contributed by atoms with E-state index in [4.69, 9.17) is 21.4 Å². The van der Waals surface area contributed by atoms with Gasteiger partial charge < -0.3 is 19.4 Å². The maximum absolute atomic E-state index is 14.0. The van der Waals surface area contributed by atoms with Gasteiger partial charge in [-0.1, -0.05) is 17.7 Å². The monoisotopic (exact) mass is 581 g/mol. The van der Waals surface area contributed by atoms with Crippen molar-refractivity contribution in [2.24, 2.45) is 0 Å². The summed E-state index contributed by atoms with van der Waals surface area (Å²) in [6, 6.07) is 12.1. The van der Waals surface area contributed by atoms with E-state index in [2.05, 4.69) is 4.90 Å². The van der Waals surface area contributed by atoms with Crippen molar-refractivity contribution in [1.29, 1.82) is 0 Å². The number of ether oxygens (including phenoxy) is 1. The summed E-state index contributed by atoms with van der Waals surface area (Å²) in [7, 11) is 0. The minimum absolute atomic E-state index is 0.0222. The van der Waals surface area contributed by atoms with Crippen molar-refractivity contribution in [3.8, 4) is 5.69 Å². The van der Waals surface area contributed by atoms with Crippen LogP contribution < -0.4 is 4.90 Å². The molecule has 2 fully saturated rings. The van der Waals surface area contributed by atoms with E-state index in [0.29, 0.717) is 62.7 Å². The summed E-state index contributed by atoms with van der Waals surface area (Å²) in [5.74, 6) is -0.299. The molecule has 0 bridgehead atoms. The van der Waals surface area contributed by atoms with Crippen LogP contribution >= 0.6 is 11.6 Å². The fraction of sp³-hybridized carbons (Fsp3) is 0.452. The van der Waals surface area contributed by atoms with Gasteiger partial charge in [-0.2, -0.15) is 5.10 Å². The minimum atomic E-state index is -0.559. The van der Waals surface area contributed by atoms with Crippen LogP contribution in [0, 0.1) is 12.7 Å². The van der Waals surface area contributed by atoms with Gasteiger partial charge in [0, 0.05) is 55.9 Å². The fourth-order valence-corrected chi connectivity index (χ4v) is 5.75. The smallest absolute Gasteiger partial charge is 0.410 e. The molecule has 41 heavy (non-hydrogen) atoms. The van der Waals surface area contributed by atoms with Gasteiger partial charge in [0.25, 0.3) is 5.91 Å². The lowest BCUT2D eigenvalue weighted by atomic mass is 9.90. The molecule has 0 spiro atoms. The number of piperidine rings is 1. The summed E-state index contributed by atoms with van der Waals surface area (Å²) in [5.41, 5.74) is 3.54. The van der Waals surface area contributed by atoms with E-state index in [9.17, 15) is 14.0 Å². The number of halogens is 2. The van der Waals surface area contributed by atoms with Crippen molar-refractivity contribution in [3.63, 3.8) is 0 Å². The Morgan fingerprint density at radius 3 is 2.24 bits per heavy atom. The molecular weight excluding hydrogens is 545 g/mol. The Hall–Kier alpha value is -3.59. The Morgan fingerprint density at radius 2 is 1.61 bits per heavy atom. The van der Waals surface area contributed by atoms with E-state index in [1.165, 1.54) is 12.1 Å². The molecule has 2 aromatic carbocycles. The number of carbonyl (C=O) groups excluding carboxylic acids is 2. The van der Waals surface area contributed by atoms with E-state index >= 15 is 0 Å². The number of aromatic nitrogens is 2. The highest BCUT2D eigenvalue weighted by molar-refractivity contribution is 6.31. The second-order valence-electron chi connectivity index (χ2n) is 11.7. The predicted octanol–water partition coefficient (Wildman–Crippen LogP) is 6.05. The third-order valence-electron chi connectivity index (χ3n) is 7.80. The average molecular weight is 582 g/mol. The number of piperazine rings is 1. The number of hydrogen-bond acceptors (Lipinski definition) is 5. The van der Waals surface area contributed by atoms with Crippen molar-refractivity contribution >= 4 is 29.3 Å². The number of carbonyl (C=O) groups is 2. The first kappa shape index (κ1) is 28.9. The van der Waals surface area contributed by atoms with Crippen LogP contribution in [0.25, 0.3) is 5.69 Å². The lowest BCUT2D eigenvalue weighted by Gasteiger charge is -2.37. The first-order valence-corrected chi connectivity index (χ1v) is 14.5. The lowest BCUT2D eigenvalue weighted by molar-refractivity contribution is 0.0203. The molecule has 2 aliphatic heterocycles. The standard InChI is InChI=1S/C31H37ClFN5O3/c1-21-26(32)6-5-7-27(21)38-28(22-12-14-37(15-13-22)30(40)41-31(2,3)4)25(20-34-38)29(39)36-18-16-35(17-19-36)24-10-8-23(33)9-11-24/h5-11,20,22H,12-19H2,1-4H3. The van der Waals surface area contributed by atoms with Gasteiger partial charge in [0.1, 0.15) is 11.4 Å². The van der Waals surface area contributed by atoms with Crippen molar-refractivity contribution in [2.45, 2.75) is 52.1 Å². The first-order valence-electron chi connectivity index (χ1n) is 14.1. The zero-order chi connectivity index (χ0) is 29.3. The molecule has 3 heterocycles. The van der Waals surface area contributed by atoms with Crippen LogP contribution in [0.15, 0.2) is 48.7 Å². The fourth-order valence-electron chi connectivity index (χ4n) is 5.59. The summed E-state index contributed by atoms with van der Waals surface area (Å²) in [5, 5.41) is 5.35. The molecule has 0 aliphatic carbocycles. The molecule has 10 heteroatoms. The summed E-state index contributed by atoms with van der Waals surface area (Å²) in [6.45, 7) is 11.0. The minimum Gasteiger partial charge on any atom is -0.444 e. The van der Waals surface area contributed by atoms with Gasteiger partial charge in [-0.05, 0) is 82.5 Å². The zero-order valence-electron chi connectivity index (χ0n) is 24.1. The predicted molar refractivity (Wildman–Crippen MR) is 158 cm³/mol. The molecule has 2 saturated heterocycles. The Balaban J connectivity index is 1.38. The summed E-state index contributed by atoms with van der Waals surface area (Å²) in [4.78, 5) is 32.4. The molecule has 0 saturated carbocycles. The largest absolute Gasteiger partial charge is 0.444 e.